The molecular weight excluding hydrogens is 400 g/mol. The van der Waals surface area contributed by atoms with Crippen molar-refractivity contribution in [3.05, 3.63) is 59.7 Å². The van der Waals surface area contributed by atoms with E-state index in [2.05, 4.69) is 33.0 Å². The van der Waals surface area contributed by atoms with Crippen LogP contribution in [0.3, 0.4) is 0 Å². The standard InChI is InChI=1S/C22H22N4O3S/c1-29-16-11-9-15(10-12-16)23-20(27)13-19-21(28)24-22(30-19)26-25-18-8-4-6-14-5-2-3-7-17(14)18/h2-3,5,7,9-12,19H,4,6,8,13H2,1H3,(H,23,27)(H,24,26,28)/t19-/m1/s1. The number of hydrogen-bond acceptors (Lipinski definition) is 6. The summed E-state index contributed by atoms with van der Waals surface area (Å²) < 4.78 is 5.10. The molecular formula is C22H22N4O3S. The quantitative estimate of drug-likeness (QED) is 0.723. The van der Waals surface area contributed by atoms with E-state index < -0.39 is 5.25 Å². The van der Waals surface area contributed by atoms with Crippen molar-refractivity contribution in [1.82, 2.24) is 5.32 Å². The number of nitrogens with zero attached hydrogens (tertiary/aromatic N) is 2. The number of thioether (sulfide) groups is 1. The van der Waals surface area contributed by atoms with Crippen LogP contribution in [0, 0.1) is 0 Å². The van der Waals surface area contributed by atoms with Gasteiger partial charge in [0.1, 0.15) is 11.0 Å². The van der Waals surface area contributed by atoms with Crippen molar-refractivity contribution < 1.29 is 14.3 Å². The molecule has 1 fully saturated rings. The monoisotopic (exact) mass is 422 g/mol. The molecule has 7 nitrogen and oxygen atoms in total. The second-order valence-electron chi connectivity index (χ2n) is 7.04. The molecule has 30 heavy (non-hydrogen) atoms. The van der Waals surface area contributed by atoms with E-state index in [0.29, 0.717) is 16.6 Å². The average molecular weight is 423 g/mol. The van der Waals surface area contributed by atoms with E-state index in [9.17, 15) is 9.59 Å². The summed E-state index contributed by atoms with van der Waals surface area (Å²) in [5.74, 6) is 0.247. The van der Waals surface area contributed by atoms with Crippen LogP contribution in [0.5, 0.6) is 5.75 Å². The lowest BCUT2D eigenvalue weighted by Crippen LogP contribution is -2.28. The van der Waals surface area contributed by atoms with Crippen LogP contribution in [0.25, 0.3) is 0 Å². The Kier molecular flexibility index (Phi) is 6.13. The van der Waals surface area contributed by atoms with Crippen LogP contribution in [0.2, 0.25) is 0 Å². The van der Waals surface area contributed by atoms with Gasteiger partial charge in [-0.05, 0) is 49.1 Å². The van der Waals surface area contributed by atoms with Gasteiger partial charge in [0.2, 0.25) is 11.8 Å². The van der Waals surface area contributed by atoms with E-state index in [1.165, 1.54) is 17.3 Å². The molecule has 2 aromatic rings. The summed E-state index contributed by atoms with van der Waals surface area (Å²) in [7, 11) is 1.58. The molecule has 0 radical (unpaired) electrons. The predicted octanol–water partition coefficient (Wildman–Crippen LogP) is 3.35. The third kappa shape index (κ3) is 4.71. The molecule has 1 atom stereocenters. The second kappa shape index (κ2) is 9.13. The van der Waals surface area contributed by atoms with Crippen molar-refractivity contribution in [2.24, 2.45) is 10.2 Å². The minimum Gasteiger partial charge on any atom is -0.497 e. The Morgan fingerprint density at radius 3 is 2.77 bits per heavy atom. The number of carbonyl (C=O) groups is 2. The molecule has 4 rings (SSSR count). The topological polar surface area (TPSA) is 92.2 Å². The Hall–Kier alpha value is -3.13. The Bertz CT molecular complexity index is 1020. The lowest BCUT2D eigenvalue weighted by molar-refractivity contribution is -0.122. The van der Waals surface area contributed by atoms with Gasteiger partial charge < -0.3 is 15.4 Å². The zero-order chi connectivity index (χ0) is 20.9. The molecule has 2 amide bonds. The third-order valence-electron chi connectivity index (χ3n) is 4.97. The molecule has 2 aliphatic rings. The maximum Gasteiger partial charge on any atom is 0.240 e. The second-order valence-corrected chi connectivity index (χ2v) is 8.23. The van der Waals surface area contributed by atoms with Crippen molar-refractivity contribution in [3.8, 4) is 5.75 Å². The Morgan fingerprint density at radius 1 is 1.17 bits per heavy atom. The largest absolute Gasteiger partial charge is 0.497 e. The first-order chi connectivity index (χ1) is 14.6. The van der Waals surface area contributed by atoms with Crippen LogP contribution in [0.15, 0.2) is 58.7 Å². The molecule has 8 heteroatoms. The van der Waals surface area contributed by atoms with Crippen molar-refractivity contribution in [3.63, 3.8) is 0 Å². The van der Waals surface area contributed by atoms with E-state index >= 15 is 0 Å². The lowest BCUT2D eigenvalue weighted by atomic mass is 9.90. The van der Waals surface area contributed by atoms with Crippen LogP contribution >= 0.6 is 11.8 Å². The minimum atomic E-state index is -0.527. The fourth-order valence-electron chi connectivity index (χ4n) is 3.45. The number of fused-ring (bicyclic) bond motifs is 1. The summed E-state index contributed by atoms with van der Waals surface area (Å²) in [5.41, 5.74) is 3.98. The van der Waals surface area contributed by atoms with E-state index in [1.807, 2.05) is 12.1 Å². The number of ether oxygens (including phenoxy) is 1. The van der Waals surface area contributed by atoms with Crippen molar-refractivity contribution >= 4 is 40.1 Å². The molecule has 154 valence electrons. The van der Waals surface area contributed by atoms with Gasteiger partial charge in [-0.15, -0.1) is 5.10 Å². The molecule has 1 aliphatic carbocycles. The highest BCUT2D eigenvalue weighted by molar-refractivity contribution is 8.15. The fourth-order valence-corrected chi connectivity index (χ4v) is 4.37. The van der Waals surface area contributed by atoms with Crippen LogP contribution in [0.4, 0.5) is 5.69 Å². The van der Waals surface area contributed by atoms with Gasteiger partial charge in [-0.2, -0.15) is 5.10 Å². The van der Waals surface area contributed by atoms with Gasteiger partial charge in [0.25, 0.3) is 0 Å². The predicted molar refractivity (Wildman–Crippen MR) is 119 cm³/mol. The molecule has 1 heterocycles. The van der Waals surface area contributed by atoms with Gasteiger partial charge in [-0.3, -0.25) is 9.59 Å². The summed E-state index contributed by atoms with van der Waals surface area (Å²) in [5, 5.41) is 14.1. The molecule has 1 aliphatic heterocycles. The molecule has 1 saturated heterocycles. The van der Waals surface area contributed by atoms with Gasteiger partial charge in [0, 0.05) is 17.7 Å². The number of aryl methyl sites for hydroxylation is 1. The summed E-state index contributed by atoms with van der Waals surface area (Å²) in [6.45, 7) is 0. The molecule has 0 saturated carbocycles. The molecule has 0 aromatic heterocycles. The smallest absolute Gasteiger partial charge is 0.240 e. The van der Waals surface area contributed by atoms with E-state index in [-0.39, 0.29) is 18.2 Å². The first-order valence-corrected chi connectivity index (χ1v) is 10.6. The Balaban J connectivity index is 1.37. The normalized spacial score (nSPS) is 20.7. The maximum atomic E-state index is 12.3. The number of benzene rings is 2. The molecule has 2 aromatic carbocycles. The highest BCUT2D eigenvalue weighted by Gasteiger charge is 2.32. The third-order valence-corrected chi connectivity index (χ3v) is 6.04. The molecule has 0 unspecified atom stereocenters. The zero-order valence-corrected chi connectivity index (χ0v) is 17.4. The summed E-state index contributed by atoms with van der Waals surface area (Å²) in [6.07, 6.45) is 3.00. The van der Waals surface area contributed by atoms with E-state index in [1.54, 1.807) is 31.4 Å². The molecule has 0 spiro atoms. The minimum absolute atomic E-state index is 0.0565. The number of amidine groups is 1. The number of amides is 2. The summed E-state index contributed by atoms with van der Waals surface area (Å²) in [6, 6.07) is 15.2. The zero-order valence-electron chi connectivity index (χ0n) is 16.6. The van der Waals surface area contributed by atoms with Crippen molar-refractivity contribution in [2.45, 2.75) is 30.9 Å². The number of methoxy groups -OCH3 is 1. The Labute approximate surface area is 179 Å². The van der Waals surface area contributed by atoms with Crippen LogP contribution in [-0.2, 0) is 16.0 Å². The maximum absolute atomic E-state index is 12.3. The summed E-state index contributed by atoms with van der Waals surface area (Å²) >= 11 is 1.24. The number of anilines is 1. The van der Waals surface area contributed by atoms with Gasteiger partial charge in [0.15, 0.2) is 5.17 Å². The van der Waals surface area contributed by atoms with Crippen LogP contribution < -0.4 is 15.4 Å². The van der Waals surface area contributed by atoms with E-state index in [4.69, 9.17) is 4.74 Å². The van der Waals surface area contributed by atoms with Crippen LogP contribution in [0.1, 0.15) is 30.4 Å². The van der Waals surface area contributed by atoms with Crippen molar-refractivity contribution in [1.29, 1.82) is 0 Å². The van der Waals surface area contributed by atoms with Gasteiger partial charge >= 0.3 is 0 Å². The van der Waals surface area contributed by atoms with Crippen LogP contribution in [-0.4, -0.2) is 35.1 Å². The van der Waals surface area contributed by atoms with Gasteiger partial charge in [0.05, 0.1) is 12.8 Å². The fraction of sp³-hybridized carbons (Fsp3) is 0.273. The highest BCUT2D eigenvalue weighted by atomic mass is 32.2. The number of nitrogens with one attached hydrogen (secondary N) is 2. The van der Waals surface area contributed by atoms with Gasteiger partial charge in [-0.25, -0.2) is 0 Å². The molecule has 2 N–H and O–H groups in total. The first-order valence-electron chi connectivity index (χ1n) is 9.76. The lowest BCUT2D eigenvalue weighted by Gasteiger charge is -2.16. The van der Waals surface area contributed by atoms with E-state index in [0.717, 1.165) is 30.5 Å². The Morgan fingerprint density at radius 2 is 1.97 bits per heavy atom. The number of rotatable bonds is 5. The van der Waals surface area contributed by atoms with Gasteiger partial charge in [-0.1, -0.05) is 36.0 Å². The average Bonchev–Trinajstić information content (AvgIpc) is 3.11. The van der Waals surface area contributed by atoms with Crippen molar-refractivity contribution in [2.75, 3.05) is 12.4 Å². The highest BCUT2D eigenvalue weighted by Crippen LogP contribution is 2.25. The number of carbonyl (C=O) groups excluding carboxylic acids is 2. The SMILES string of the molecule is COc1ccc(NC(=O)C[C@H]2SC(=NN=C3CCCc4ccccc43)NC2=O)cc1. The number of hydrogen-bond donors (Lipinski definition) is 2. The molecule has 0 bridgehead atoms. The first kappa shape index (κ1) is 20.2. The summed E-state index contributed by atoms with van der Waals surface area (Å²) in [4.78, 5) is 24.6.